The van der Waals surface area contributed by atoms with Crippen molar-refractivity contribution in [1.29, 1.82) is 0 Å². The van der Waals surface area contributed by atoms with E-state index >= 15 is 0 Å². The standard InChI is InChI=1S/C11H18N2O2/c1-8(7-14)9(2)13-11-10(15-3)5-4-6-12-11/h4-6,8-9,14H,7H2,1-3H3,(H,12,13). The van der Waals surface area contributed by atoms with E-state index in [2.05, 4.69) is 10.3 Å². The topological polar surface area (TPSA) is 54.4 Å². The van der Waals surface area contributed by atoms with Crippen LogP contribution in [0.25, 0.3) is 0 Å². The maximum Gasteiger partial charge on any atom is 0.168 e. The molecule has 0 aliphatic heterocycles. The second-order valence-corrected chi connectivity index (χ2v) is 3.65. The lowest BCUT2D eigenvalue weighted by atomic mass is 10.1. The fourth-order valence-corrected chi connectivity index (χ4v) is 1.18. The normalized spacial score (nSPS) is 14.4. The Kier molecular flexibility index (Phi) is 4.37. The average Bonchev–Trinajstić information content (AvgIpc) is 2.28. The minimum absolute atomic E-state index is 0.152. The number of ether oxygens (including phenoxy) is 1. The highest BCUT2D eigenvalue weighted by Crippen LogP contribution is 2.21. The SMILES string of the molecule is COc1cccnc1NC(C)C(C)CO. The van der Waals surface area contributed by atoms with E-state index in [0.29, 0.717) is 5.82 Å². The maximum absolute atomic E-state index is 9.02. The molecule has 1 rings (SSSR count). The van der Waals surface area contributed by atoms with Gasteiger partial charge in [0.2, 0.25) is 0 Å². The van der Waals surface area contributed by atoms with Crippen molar-refractivity contribution >= 4 is 5.82 Å². The van der Waals surface area contributed by atoms with Gasteiger partial charge in [-0.1, -0.05) is 6.92 Å². The largest absolute Gasteiger partial charge is 0.493 e. The van der Waals surface area contributed by atoms with Crippen molar-refractivity contribution in [3.05, 3.63) is 18.3 Å². The molecule has 2 atom stereocenters. The molecule has 84 valence electrons. The Morgan fingerprint density at radius 1 is 1.53 bits per heavy atom. The molecule has 4 heteroatoms. The maximum atomic E-state index is 9.02. The van der Waals surface area contributed by atoms with Gasteiger partial charge in [-0.15, -0.1) is 0 Å². The lowest BCUT2D eigenvalue weighted by Crippen LogP contribution is -2.26. The molecule has 0 aliphatic carbocycles. The Bertz CT molecular complexity index is 304. The third kappa shape index (κ3) is 3.09. The molecule has 2 unspecified atom stereocenters. The zero-order valence-electron chi connectivity index (χ0n) is 9.40. The second-order valence-electron chi connectivity index (χ2n) is 3.65. The summed E-state index contributed by atoms with van der Waals surface area (Å²) in [5, 5.41) is 12.2. The van der Waals surface area contributed by atoms with Crippen molar-refractivity contribution in [3.8, 4) is 5.75 Å². The highest BCUT2D eigenvalue weighted by atomic mass is 16.5. The Hall–Kier alpha value is -1.29. The van der Waals surface area contributed by atoms with Crippen LogP contribution < -0.4 is 10.1 Å². The van der Waals surface area contributed by atoms with Crippen molar-refractivity contribution < 1.29 is 9.84 Å². The Morgan fingerprint density at radius 2 is 2.27 bits per heavy atom. The zero-order chi connectivity index (χ0) is 11.3. The third-order valence-electron chi connectivity index (χ3n) is 2.50. The van der Waals surface area contributed by atoms with Crippen molar-refractivity contribution in [2.75, 3.05) is 19.0 Å². The van der Waals surface area contributed by atoms with Gasteiger partial charge in [-0.05, 0) is 25.0 Å². The number of pyridine rings is 1. The van der Waals surface area contributed by atoms with Gasteiger partial charge in [0, 0.05) is 18.8 Å². The number of rotatable bonds is 5. The first-order chi connectivity index (χ1) is 7.19. The fourth-order valence-electron chi connectivity index (χ4n) is 1.18. The van der Waals surface area contributed by atoms with E-state index in [1.54, 1.807) is 13.3 Å². The quantitative estimate of drug-likeness (QED) is 0.773. The van der Waals surface area contributed by atoms with E-state index in [1.807, 2.05) is 26.0 Å². The first-order valence-corrected chi connectivity index (χ1v) is 5.05. The monoisotopic (exact) mass is 210 g/mol. The number of aromatic nitrogens is 1. The molecular formula is C11H18N2O2. The molecule has 0 aromatic carbocycles. The summed E-state index contributed by atoms with van der Waals surface area (Å²) in [7, 11) is 1.61. The van der Waals surface area contributed by atoms with Crippen LogP contribution >= 0.6 is 0 Å². The van der Waals surface area contributed by atoms with Crippen LogP contribution in [0.1, 0.15) is 13.8 Å². The molecule has 0 amide bonds. The number of hydrogen-bond donors (Lipinski definition) is 2. The second kappa shape index (κ2) is 5.56. The molecule has 0 bridgehead atoms. The Labute approximate surface area is 90.3 Å². The Morgan fingerprint density at radius 3 is 2.87 bits per heavy atom. The van der Waals surface area contributed by atoms with E-state index in [0.717, 1.165) is 5.75 Å². The molecule has 2 N–H and O–H groups in total. The lowest BCUT2D eigenvalue weighted by Gasteiger charge is -2.20. The van der Waals surface area contributed by atoms with E-state index < -0.39 is 0 Å². The molecule has 0 aliphatic rings. The number of hydrogen-bond acceptors (Lipinski definition) is 4. The van der Waals surface area contributed by atoms with Gasteiger partial charge in [-0.25, -0.2) is 4.98 Å². The van der Waals surface area contributed by atoms with Gasteiger partial charge < -0.3 is 15.2 Å². The number of methoxy groups -OCH3 is 1. The summed E-state index contributed by atoms with van der Waals surface area (Å²) >= 11 is 0. The minimum Gasteiger partial charge on any atom is -0.493 e. The summed E-state index contributed by atoms with van der Waals surface area (Å²) < 4.78 is 5.17. The van der Waals surface area contributed by atoms with E-state index in [-0.39, 0.29) is 18.6 Å². The molecule has 0 saturated heterocycles. The zero-order valence-corrected chi connectivity index (χ0v) is 9.40. The van der Waals surface area contributed by atoms with Crippen LogP contribution in [-0.4, -0.2) is 29.8 Å². The molecule has 15 heavy (non-hydrogen) atoms. The van der Waals surface area contributed by atoms with Crippen molar-refractivity contribution in [1.82, 2.24) is 4.98 Å². The van der Waals surface area contributed by atoms with Gasteiger partial charge in [-0.2, -0.15) is 0 Å². The van der Waals surface area contributed by atoms with Gasteiger partial charge in [0.25, 0.3) is 0 Å². The van der Waals surface area contributed by atoms with Crippen molar-refractivity contribution in [2.24, 2.45) is 5.92 Å². The summed E-state index contributed by atoms with van der Waals surface area (Å²) in [6.07, 6.45) is 1.71. The highest BCUT2D eigenvalue weighted by molar-refractivity contribution is 5.49. The molecular weight excluding hydrogens is 192 g/mol. The molecule has 1 aromatic heterocycles. The average molecular weight is 210 g/mol. The molecule has 0 fully saturated rings. The van der Waals surface area contributed by atoms with Crippen LogP contribution in [0.4, 0.5) is 5.82 Å². The summed E-state index contributed by atoms with van der Waals surface area (Å²) in [6.45, 7) is 4.14. The number of nitrogens with zero attached hydrogens (tertiary/aromatic N) is 1. The Balaban J connectivity index is 2.71. The summed E-state index contributed by atoms with van der Waals surface area (Å²) in [5.41, 5.74) is 0. The van der Waals surface area contributed by atoms with E-state index in [1.165, 1.54) is 0 Å². The predicted molar refractivity (Wildman–Crippen MR) is 60.1 cm³/mol. The molecule has 1 aromatic rings. The van der Waals surface area contributed by atoms with E-state index in [9.17, 15) is 0 Å². The van der Waals surface area contributed by atoms with Crippen molar-refractivity contribution in [3.63, 3.8) is 0 Å². The van der Waals surface area contributed by atoms with Crippen LogP contribution in [-0.2, 0) is 0 Å². The highest BCUT2D eigenvalue weighted by Gasteiger charge is 2.13. The van der Waals surface area contributed by atoms with Crippen molar-refractivity contribution in [2.45, 2.75) is 19.9 Å². The lowest BCUT2D eigenvalue weighted by molar-refractivity contribution is 0.226. The van der Waals surface area contributed by atoms with Crippen LogP contribution in [0, 0.1) is 5.92 Å². The predicted octanol–water partition coefficient (Wildman–Crippen LogP) is 1.52. The molecule has 4 nitrogen and oxygen atoms in total. The van der Waals surface area contributed by atoms with Crippen LogP contribution in [0.3, 0.4) is 0 Å². The summed E-state index contributed by atoms with van der Waals surface area (Å²) in [5.74, 6) is 1.61. The first kappa shape index (κ1) is 11.8. The minimum atomic E-state index is 0.152. The molecule has 0 radical (unpaired) electrons. The number of aliphatic hydroxyl groups is 1. The van der Waals surface area contributed by atoms with Gasteiger partial charge >= 0.3 is 0 Å². The molecule has 1 heterocycles. The number of anilines is 1. The van der Waals surface area contributed by atoms with E-state index in [4.69, 9.17) is 9.84 Å². The third-order valence-corrected chi connectivity index (χ3v) is 2.50. The van der Waals surface area contributed by atoms with Gasteiger partial charge in [0.15, 0.2) is 11.6 Å². The van der Waals surface area contributed by atoms with Gasteiger partial charge in [0.05, 0.1) is 7.11 Å². The number of nitrogens with one attached hydrogen (secondary N) is 1. The van der Waals surface area contributed by atoms with Gasteiger partial charge in [0.1, 0.15) is 0 Å². The summed E-state index contributed by atoms with van der Waals surface area (Å²) in [6, 6.07) is 3.83. The van der Waals surface area contributed by atoms with Crippen LogP contribution in [0.2, 0.25) is 0 Å². The molecule has 0 spiro atoms. The smallest absolute Gasteiger partial charge is 0.168 e. The van der Waals surface area contributed by atoms with Crippen LogP contribution in [0.15, 0.2) is 18.3 Å². The molecule has 0 saturated carbocycles. The van der Waals surface area contributed by atoms with Crippen LogP contribution in [0.5, 0.6) is 5.75 Å². The fraction of sp³-hybridized carbons (Fsp3) is 0.545. The summed E-state index contributed by atoms with van der Waals surface area (Å²) in [4.78, 5) is 4.19. The van der Waals surface area contributed by atoms with Gasteiger partial charge in [-0.3, -0.25) is 0 Å². The first-order valence-electron chi connectivity index (χ1n) is 5.05. The number of aliphatic hydroxyl groups excluding tert-OH is 1.